The van der Waals surface area contributed by atoms with Gasteiger partial charge >= 0.3 is 0 Å². The molecule has 7 rings (SSSR count). The SMILES string of the molecule is N/C(=C\C(N)C1C=CC(Nc2ccccc2C2=C3c4ccccc4C=CC3C3CCCCC3=C2)=CC1)C1=CC=CCC1. The van der Waals surface area contributed by atoms with E-state index in [2.05, 4.69) is 109 Å². The number of nitrogens with two attached hydrogens (primary N) is 2. The third-order valence-corrected chi connectivity index (χ3v) is 9.71. The highest BCUT2D eigenvalue weighted by atomic mass is 14.9. The summed E-state index contributed by atoms with van der Waals surface area (Å²) >= 11 is 0. The molecule has 3 nitrogen and oxygen atoms in total. The van der Waals surface area contributed by atoms with Crippen LogP contribution in [0.2, 0.25) is 0 Å². The summed E-state index contributed by atoms with van der Waals surface area (Å²) in [5.74, 6) is 1.30. The first kappa shape index (κ1) is 26.8. The Kier molecular flexibility index (Phi) is 7.44. The van der Waals surface area contributed by atoms with Gasteiger partial charge in [0.05, 0.1) is 0 Å². The molecule has 0 amide bonds. The molecule has 0 radical (unpaired) electrons. The van der Waals surface area contributed by atoms with Gasteiger partial charge in [-0.05, 0) is 96.4 Å². The third kappa shape index (κ3) is 5.18. The number of nitrogens with one attached hydrogen (secondary N) is 1. The minimum absolute atomic E-state index is 0.112. The fourth-order valence-electron chi connectivity index (χ4n) is 7.45. The molecule has 4 unspecified atom stereocenters. The van der Waals surface area contributed by atoms with E-state index in [4.69, 9.17) is 11.5 Å². The molecule has 0 aliphatic heterocycles. The molecule has 2 aromatic carbocycles. The molecule has 0 bridgehead atoms. The molecule has 3 heteroatoms. The van der Waals surface area contributed by atoms with Crippen molar-refractivity contribution in [2.45, 2.75) is 51.0 Å². The van der Waals surface area contributed by atoms with Crippen molar-refractivity contribution in [2.75, 3.05) is 5.32 Å². The van der Waals surface area contributed by atoms with Gasteiger partial charge in [-0.1, -0.05) is 103 Å². The van der Waals surface area contributed by atoms with Crippen LogP contribution in [-0.4, -0.2) is 6.04 Å². The molecule has 0 aromatic heterocycles. The Labute approximate surface area is 250 Å². The molecule has 0 heterocycles. The highest BCUT2D eigenvalue weighted by Gasteiger charge is 2.36. The minimum Gasteiger partial charge on any atom is -0.399 e. The summed E-state index contributed by atoms with van der Waals surface area (Å²) in [6, 6.07) is 17.6. The van der Waals surface area contributed by atoms with Crippen LogP contribution < -0.4 is 16.8 Å². The number of rotatable bonds is 6. The van der Waals surface area contributed by atoms with Crippen LogP contribution >= 0.6 is 0 Å². The van der Waals surface area contributed by atoms with E-state index >= 15 is 0 Å². The molecule has 0 spiro atoms. The summed E-state index contributed by atoms with van der Waals surface area (Å²) in [4.78, 5) is 0. The predicted molar refractivity (Wildman–Crippen MR) is 178 cm³/mol. The highest BCUT2D eigenvalue weighted by Crippen LogP contribution is 2.52. The number of anilines is 1. The lowest BCUT2D eigenvalue weighted by atomic mass is 9.64. The maximum Gasteiger partial charge on any atom is 0.0463 e. The van der Waals surface area contributed by atoms with E-state index in [-0.39, 0.29) is 12.0 Å². The van der Waals surface area contributed by atoms with Gasteiger partial charge in [-0.15, -0.1) is 0 Å². The Morgan fingerprint density at radius 2 is 1.81 bits per heavy atom. The second-order valence-electron chi connectivity index (χ2n) is 12.3. The fraction of sp³-hybridized carbons (Fsp3) is 0.282. The summed E-state index contributed by atoms with van der Waals surface area (Å²) in [6.45, 7) is 0. The van der Waals surface area contributed by atoms with Gasteiger partial charge in [-0.2, -0.15) is 0 Å². The Bertz CT molecular complexity index is 1620. The lowest BCUT2D eigenvalue weighted by Crippen LogP contribution is -2.29. The van der Waals surface area contributed by atoms with Crippen LogP contribution in [0.25, 0.3) is 17.2 Å². The first-order chi connectivity index (χ1) is 20.7. The van der Waals surface area contributed by atoms with Gasteiger partial charge < -0.3 is 16.8 Å². The van der Waals surface area contributed by atoms with E-state index in [1.807, 2.05) is 6.08 Å². The molecule has 0 saturated heterocycles. The standard InChI is InChI=1S/C39H41N3/c40-36(27-11-2-1-3-12-27)25-37(41)28-18-21-30(22-19-28)42-38-17-9-8-16-33(38)35-24-29-13-5-6-14-31(29)34-23-20-26-10-4-7-15-32(26)39(34)35/h1-2,4,7-11,15-18,20-25,28,31,34,37,42H,3,5-6,12-14,19,40-41H2/b36-25-. The lowest BCUT2D eigenvalue weighted by Gasteiger charge is -2.40. The third-order valence-electron chi connectivity index (χ3n) is 9.71. The molecule has 5 N–H and O–H groups in total. The molecular weight excluding hydrogens is 510 g/mol. The molecule has 1 fully saturated rings. The maximum atomic E-state index is 6.61. The highest BCUT2D eigenvalue weighted by molar-refractivity contribution is 6.04. The fourth-order valence-corrected chi connectivity index (χ4v) is 7.45. The van der Waals surface area contributed by atoms with Crippen molar-refractivity contribution in [2.24, 2.45) is 29.2 Å². The van der Waals surface area contributed by atoms with Crippen molar-refractivity contribution in [1.82, 2.24) is 0 Å². The van der Waals surface area contributed by atoms with E-state index in [1.165, 1.54) is 59.1 Å². The number of para-hydroxylation sites is 1. The summed E-state index contributed by atoms with van der Waals surface area (Å²) in [5.41, 5.74) is 25.8. The van der Waals surface area contributed by atoms with Crippen molar-refractivity contribution in [3.8, 4) is 0 Å². The van der Waals surface area contributed by atoms with Crippen molar-refractivity contribution >= 4 is 22.9 Å². The molecule has 212 valence electrons. The maximum absolute atomic E-state index is 6.61. The van der Waals surface area contributed by atoms with E-state index in [0.29, 0.717) is 11.8 Å². The largest absolute Gasteiger partial charge is 0.399 e. The van der Waals surface area contributed by atoms with Crippen molar-refractivity contribution in [3.05, 3.63) is 142 Å². The van der Waals surface area contributed by atoms with E-state index in [0.717, 1.165) is 36.3 Å². The van der Waals surface area contributed by atoms with E-state index < -0.39 is 0 Å². The Hall–Kier alpha value is -4.08. The Morgan fingerprint density at radius 1 is 0.952 bits per heavy atom. The first-order valence-electron chi connectivity index (χ1n) is 15.7. The molecule has 5 aliphatic rings. The van der Waals surface area contributed by atoms with Gasteiger partial charge in [-0.25, -0.2) is 0 Å². The summed E-state index contributed by atoms with van der Waals surface area (Å²) in [7, 11) is 0. The van der Waals surface area contributed by atoms with Crippen LogP contribution in [0.4, 0.5) is 5.69 Å². The van der Waals surface area contributed by atoms with E-state index in [9.17, 15) is 0 Å². The summed E-state index contributed by atoms with van der Waals surface area (Å²) in [6.07, 6.45) is 30.5. The van der Waals surface area contributed by atoms with Gasteiger partial charge in [0.25, 0.3) is 0 Å². The van der Waals surface area contributed by atoms with Gasteiger partial charge in [0, 0.05) is 34.6 Å². The molecule has 2 aromatic rings. The molecule has 4 atom stereocenters. The van der Waals surface area contributed by atoms with Gasteiger partial charge in [0.2, 0.25) is 0 Å². The van der Waals surface area contributed by atoms with Crippen molar-refractivity contribution < 1.29 is 0 Å². The molecule has 5 aliphatic carbocycles. The van der Waals surface area contributed by atoms with Gasteiger partial charge in [0.1, 0.15) is 0 Å². The van der Waals surface area contributed by atoms with Crippen molar-refractivity contribution in [1.29, 1.82) is 0 Å². The van der Waals surface area contributed by atoms with Crippen LogP contribution in [0.1, 0.15) is 61.6 Å². The quantitative estimate of drug-likeness (QED) is 0.336. The van der Waals surface area contributed by atoms with Gasteiger partial charge in [0.15, 0.2) is 0 Å². The summed E-state index contributed by atoms with van der Waals surface area (Å²) in [5, 5.41) is 3.79. The Balaban J connectivity index is 1.17. The van der Waals surface area contributed by atoms with Crippen molar-refractivity contribution in [3.63, 3.8) is 0 Å². The van der Waals surface area contributed by atoms with Crippen LogP contribution in [0.5, 0.6) is 0 Å². The number of hydrogen-bond donors (Lipinski definition) is 3. The zero-order chi connectivity index (χ0) is 28.5. The van der Waals surface area contributed by atoms with Crippen LogP contribution in [-0.2, 0) is 0 Å². The smallest absolute Gasteiger partial charge is 0.0463 e. The zero-order valence-corrected chi connectivity index (χ0v) is 24.3. The Morgan fingerprint density at radius 3 is 2.64 bits per heavy atom. The minimum atomic E-state index is -0.112. The lowest BCUT2D eigenvalue weighted by molar-refractivity contribution is 0.409. The molecule has 1 saturated carbocycles. The average molecular weight is 552 g/mol. The van der Waals surface area contributed by atoms with Crippen LogP contribution in [0.15, 0.2) is 126 Å². The first-order valence-corrected chi connectivity index (χ1v) is 15.7. The number of benzene rings is 2. The second kappa shape index (κ2) is 11.7. The second-order valence-corrected chi connectivity index (χ2v) is 12.3. The number of allylic oxidation sites excluding steroid dienone is 11. The summed E-state index contributed by atoms with van der Waals surface area (Å²) < 4.78 is 0. The number of hydrogen-bond acceptors (Lipinski definition) is 3. The average Bonchev–Trinajstić information content (AvgIpc) is 3.05. The normalized spacial score (nSPS) is 25.5. The topological polar surface area (TPSA) is 64.1 Å². The number of fused-ring (bicyclic) bond motifs is 5. The molecule has 42 heavy (non-hydrogen) atoms. The monoisotopic (exact) mass is 551 g/mol. The zero-order valence-electron chi connectivity index (χ0n) is 24.3. The molecular formula is C39H41N3. The van der Waals surface area contributed by atoms with Crippen LogP contribution in [0.3, 0.4) is 0 Å². The van der Waals surface area contributed by atoms with E-state index in [1.54, 1.807) is 5.57 Å². The van der Waals surface area contributed by atoms with Crippen LogP contribution in [0, 0.1) is 17.8 Å². The predicted octanol–water partition coefficient (Wildman–Crippen LogP) is 8.69. The van der Waals surface area contributed by atoms with Gasteiger partial charge in [-0.3, -0.25) is 0 Å².